The van der Waals surface area contributed by atoms with Gasteiger partial charge in [-0.3, -0.25) is 4.90 Å². The van der Waals surface area contributed by atoms with Crippen molar-refractivity contribution in [2.24, 2.45) is 0 Å². The molecule has 2 radical (unpaired) electrons. The molecule has 4 atom stereocenters. The maximum absolute atomic E-state index is 9.72. The molecule has 1 unspecified atom stereocenters. The highest BCUT2D eigenvalue weighted by molar-refractivity contribution is 4.94. The van der Waals surface area contributed by atoms with Crippen LogP contribution in [0.15, 0.2) is 0 Å². The van der Waals surface area contributed by atoms with Crippen LogP contribution in [0.25, 0.3) is 0 Å². The van der Waals surface area contributed by atoms with E-state index in [2.05, 4.69) is 4.90 Å². The highest BCUT2D eigenvalue weighted by Crippen LogP contribution is 2.29. The Bertz CT molecular complexity index is 218. The first kappa shape index (κ1) is 12.3. The van der Waals surface area contributed by atoms with Gasteiger partial charge in [-0.15, -0.1) is 0 Å². The van der Waals surface area contributed by atoms with E-state index in [-0.39, 0.29) is 24.9 Å². The zero-order chi connectivity index (χ0) is 11.5. The first-order chi connectivity index (χ1) is 7.72. The molecule has 0 amide bonds. The van der Waals surface area contributed by atoms with Crippen LogP contribution < -0.4 is 0 Å². The second kappa shape index (κ2) is 5.45. The van der Waals surface area contributed by atoms with E-state index in [9.17, 15) is 5.11 Å². The third-order valence-electron chi connectivity index (χ3n) is 3.61. The Morgan fingerprint density at radius 2 is 2.00 bits per heavy atom. The number of aliphatic hydroxyl groups is 2. The van der Waals surface area contributed by atoms with Crippen molar-refractivity contribution in [1.29, 1.82) is 0 Å². The molecule has 2 fully saturated rings. The van der Waals surface area contributed by atoms with Gasteiger partial charge in [-0.25, -0.2) is 0 Å². The van der Waals surface area contributed by atoms with E-state index in [1.165, 1.54) is 19.3 Å². The van der Waals surface area contributed by atoms with Crippen molar-refractivity contribution in [3.8, 4) is 0 Å². The SMILES string of the molecule is [CH][C@H]1C[C@@H](N2CCCCC2)[C@H](C(O)CO)O1. The highest BCUT2D eigenvalue weighted by Gasteiger charge is 2.40. The van der Waals surface area contributed by atoms with E-state index >= 15 is 0 Å². The number of nitrogens with zero attached hydrogens (tertiary/aromatic N) is 1. The van der Waals surface area contributed by atoms with Crippen LogP contribution in [0.1, 0.15) is 25.7 Å². The number of aliphatic hydroxyl groups excluding tert-OH is 2. The van der Waals surface area contributed by atoms with Gasteiger partial charge in [0, 0.05) is 6.04 Å². The van der Waals surface area contributed by atoms with Gasteiger partial charge in [0.05, 0.1) is 12.7 Å². The van der Waals surface area contributed by atoms with Crippen LogP contribution >= 0.6 is 0 Å². The molecule has 0 bridgehead atoms. The summed E-state index contributed by atoms with van der Waals surface area (Å²) < 4.78 is 5.51. The number of likely N-dealkylation sites (tertiary alicyclic amines) is 1. The number of hydrogen-bond donors (Lipinski definition) is 2. The van der Waals surface area contributed by atoms with Gasteiger partial charge in [0.1, 0.15) is 12.2 Å². The Balaban J connectivity index is 1.99. The van der Waals surface area contributed by atoms with Crippen molar-refractivity contribution in [3.63, 3.8) is 0 Å². The summed E-state index contributed by atoms with van der Waals surface area (Å²) in [6.07, 6.45) is 2.98. The molecule has 2 aliphatic heterocycles. The lowest BCUT2D eigenvalue weighted by molar-refractivity contribution is -0.0666. The van der Waals surface area contributed by atoms with Gasteiger partial charge in [0.2, 0.25) is 0 Å². The second-order valence-electron chi connectivity index (χ2n) is 4.79. The maximum atomic E-state index is 9.72. The molecule has 92 valence electrons. The largest absolute Gasteiger partial charge is 0.394 e. The van der Waals surface area contributed by atoms with Crippen molar-refractivity contribution in [3.05, 3.63) is 6.92 Å². The summed E-state index contributed by atoms with van der Waals surface area (Å²) in [5, 5.41) is 18.7. The van der Waals surface area contributed by atoms with E-state index in [0.717, 1.165) is 19.5 Å². The van der Waals surface area contributed by atoms with Crippen molar-refractivity contribution >= 4 is 0 Å². The van der Waals surface area contributed by atoms with Crippen LogP contribution in [-0.4, -0.2) is 59.2 Å². The van der Waals surface area contributed by atoms with Crippen LogP contribution in [-0.2, 0) is 4.74 Å². The molecule has 4 nitrogen and oxygen atoms in total. The van der Waals surface area contributed by atoms with E-state index in [4.69, 9.17) is 16.8 Å². The smallest absolute Gasteiger partial charge is 0.105 e. The fourth-order valence-electron chi connectivity index (χ4n) is 2.78. The predicted molar refractivity (Wildman–Crippen MR) is 59.9 cm³/mol. The summed E-state index contributed by atoms with van der Waals surface area (Å²) in [7, 11) is 0. The molecule has 0 aromatic carbocycles. The molecule has 2 saturated heterocycles. The van der Waals surface area contributed by atoms with Crippen LogP contribution in [0, 0.1) is 6.92 Å². The minimum absolute atomic E-state index is 0.164. The zero-order valence-corrected chi connectivity index (χ0v) is 9.59. The van der Waals surface area contributed by atoms with Gasteiger partial charge in [0.15, 0.2) is 0 Å². The highest BCUT2D eigenvalue weighted by atomic mass is 16.5. The summed E-state index contributed by atoms with van der Waals surface area (Å²) in [5.41, 5.74) is 0. The summed E-state index contributed by atoms with van der Waals surface area (Å²) >= 11 is 0. The Morgan fingerprint density at radius 1 is 1.31 bits per heavy atom. The summed E-state index contributed by atoms with van der Waals surface area (Å²) in [4.78, 5) is 2.35. The van der Waals surface area contributed by atoms with E-state index in [0.29, 0.717) is 0 Å². The quantitative estimate of drug-likeness (QED) is 0.716. The summed E-state index contributed by atoms with van der Waals surface area (Å²) in [6.45, 7) is 7.61. The lowest BCUT2D eigenvalue weighted by Gasteiger charge is -2.35. The van der Waals surface area contributed by atoms with Crippen molar-refractivity contribution < 1.29 is 14.9 Å². The average Bonchev–Trinajstić information content (AvgIpc) is 2.71. The van der Waals surface area contributed by atoms with Gasteiger partial charge < -0.3 is 14.9 Å². The maximum Gasteiger partial charge on any atom is 0.105 e. The van der Waals surface area contributed by atoms with Gasteiger partial charge in [-0.05, 0) is 39.3 Å². The van der Waals surface area contributed by atoms with Crippen molar-refractivity contribution in [2.45, 2.75) is 50.0 Å². The predicted octanol–water partition coefficient (Wildman–Crippen LogP) is 0.0627. The van der Waals surface area contributed by atoms with Gasteiger partial charge >= 0.3 is 0 Å². The zero-order valence-electron chi connectivity index (χ0n) is 9.59. The molecule has 16 heavy (non-hydrogen) atoms. The topological polar surface area (TPSA) is 52.9 Å². The molecule has 0 spiro atoms. The standard InChI is InChI=1S/C12H21NO3/c1-9-7-10(12(16-9)11(15)8-14)13-5-3-2-4-6-13/h1,9-12,14-15H,2-8H2/t9-,10+,11?,12+/m0/s1. The Labute approximate surface area is 97.2 Å². The lowest BCUT2D eigenvalue weighted by Crippen LogP contribution is -2.48. The lowest BCUT2D eigenvalue weighted by atomic mass is 9.99. The van der Waals surface area contributed by atoms with Crippen LogP contribution in [0.3, 0.4) is 0 Å². The third-order valence-corrected chi connectivity index (χ3v) is 3.61. The first-order valence-corrected chi connectivity index (χ1v) is 6.16. The third kappa shape index (κ3) is 2.56. The molecular formula is C12H21NO3. The Hall–Kier alpha value is -0.160. The fourth-order valence-corrected chi connectivity index (χ4v) is 2.78. The average molecular weight is 227 g/mol. The van der Waals surface area contributed by atoms with E-state index < -0.39 is 6.10 Å². The minimum atomic E-state index is -0.819. The fraction of sp³-hybridized carbons (Fsp3) is 0.917. The molecule has 0 aromatic heterocycles. The van der Waals surface area contributed by atoms with Gasteiger partial charge in [-0.2, -0.15) is 0 Å². The molecule has 0 saturated carbocycles. The van der Waals surface area contributed by atoms with E-state index in [1.54, 1.807) is 0 Å². The van der Waals surface area contributed by atoms with Crippen LogP contribution in [0.2, 0.25) is 0 Å². The van der Waals surface area contributed by atoms with Crippen LogP contribution in [0.4, 0.5) is 0 Å². The van der Waals surface area contributed by atoms with Crippen molar-refractivity contribution in [2.75, 3.05) is 19.7 Å². The normalized spacial score (nSPS) is 38.8. The molecule has 2 N–H and O–H groups in total. The first-order valence-electron chi connectivity index (χ1n) is 6.16. The number of piperidine rings is 1. The molecular weight excluding hydrogens is 206 g/mol. The van der Waals surface area contributed by atoms with Gasteiger partial charge in [-0.1, -0.05) is 6.42 Å². The Kier molecular flexibility index (Phi) is 4.19. The number of rotatable bonds is 3. The van der Waals surface area contributed by atoms with Crippen LogP contribution in [0.5, 0.6) is 0 Å². The number of ether oxygens (including phenoxy) is 1. The molecule has 0 aliphatic carbocycles. The second-order valence-corrected chi connectivity index (χ2v) is 4.79. The molecule has 4 heteroatoms. The van der Waals surface area contributed by atoms with Crippen molar-refractivity contribution in [1.82, 2.24) is 4.90 Å². The minimum Gasteiger partial charge on any atom is -0.394 e. The monoisotopic (exact) mass is 227 g/mol. The molecule has 0 aromatic rings. The number of hydrogen-bond acceptors (Lipinski definition) is 4. The van der Waals surface area contributed by atoms with E-state index in [1.807, 2.05) is 0 Å². The molecule has 2 rings (SSSR count). The Morgan fingerprint density at radius 3 is 2.62 bits per heavy atom. The van der Waals surface area contributed by atoms with Gasteiger partial charge in [0.25, 0.3) is 0 Å². The summed E-state index contributed by atoms with van der Waals surface area (Å²) in [6, 6.07) is 0.164. The molecule has 2 aliphatic rings. The molecule has 2 heterocycles. The summed E-state index contributed by atoms with van der Waals surface area (Å²) in [5.74, 6) is 0.